The van der Waals surface area contributed by atoms with Crippen LogP contribution in [0.3, 0.4) is 0 Å². The predicted molar refractivity (Wildman–Crippen MR) is 88.7 cm³/mol. The number of allylic oxidation sites excluding steroid dienone is 2. The molecule has 1 aliphatic rings. The Balaban J connectivity index is 2.26. The van der Waals surface area contributed by atoms with E-state index in [1.807, 2.05) is 26.0 Å². The third kappa shape index (κ3) is 4.12. The van der Waals surface area contributed by atoms with Crippen molar-refractivity contribution in [2.75, 3.05) is 13.2 Å². The van der Waals surface area contributed by atoms with Gasteiger partial charge in [-0.05, 0) is 44.4 Å². The zero-order chi connectivity index (χ0) is 16.8. The van der Waals surface area contributed by atoms with Gasteiger partial charge in [0.05, 0.1) is 18.8 Å². The van der Waals surface area contributed by atoms with Gasteiger partial charge >= 0.3 is 0 Å². The minimum atomic E-state index is -0.144. The van der Waals surface area contributed by atoms with Crippen molar-refractivity contribution in [2.24, 2.45) is 0 Å². The summed E-state index contributed by atoms with van der Waals surface area (Å²) < 4.78 is 11.1. The summed E-state index contributed by atoms with van der Waals surface area (Å²) in [5.41, 5.74) is 1.23. The molecule has 0 unspecified atom stereocenters. The number of hydrogen-bond donors (Lipinski definition) is 2. The van der Waals surface area contributed by atoms with Crippen LogP contribution in [-0.4, -0.2) is 29.8 Å². The van der Waals surface area contributed by atoms with Gasteiger partial charge in [-0.3, -0.25) is 4.79 Å². The minimum absolute atomic E-state index is 0.0358. The van der Waals surface area contributed by atoms with Gasteiger partial charge in [-0.1, -0.05) is 6.07 Å². The number of carbonyl (C=O) groups is 1. The van der Waals surface area contributed by atoms with E-state index in [1.165, 1.54) is 0 Å². The highest BCUT2D eigenvalue weighted by Crippen LogP contribution is 2.30. The maximum atomic E-state index is 11.9. The fraction of sp³-hybridized carbons (Fsp3) is 0.444. The van der Waals surface area contributed by atoms with Crippen LogP contribution >= 0.6 is 0 Å². The summed E-state index contributed by atoms with van der Waals surface area (Å²) in [5, 5.41) is 18.2. The van der Waals surface area contributed by atoms with Crippen LogP contribution in [0.1, 0.15) is 38.7 Å². The van der Waals surface area contributed by atoms with Gasteiger partial charge in [-0.2, -0.15) is 0 Å². The molecule has 1 saturated carbocycles. The van der Waals surface area contributed by atoms with E-state index in [9.17, 15) is 9.90 Å². The van der Waals surface area contributed by atoms with Crippen LogP contribution in [0.5, 0.6) is 11.5 Å². The number of benzene rings is 1. The van der Waals surface area contributed by atoms with Crippen LogP contribution in [0.4, 0.5) is 0 Å². The Bertz CT molecular complexity index is 616. The summed E-state index contributed by atoms with van der Waals surface area (Å²) in [6.07, 6.45) is 1.83. The Hall–Kier alpha value is -2.30. The molecule has 0 radical (unpaired) electrons. The number of Topliss-reactive ketones (excluding diaryl/α,β-unsaturated/α-hetero) is 1. The van der Waals surface area contributed by atoms with E-state index in [0.29, 0.717) is 44.0 Å². The van der Waals surface area contributed by atoms with E-state index in [2.05, 4.69) is 0 Å². The molecule has 0 aromatic heterocycles. The van der Waals surface area contributed by atoms with E-state index < -0.39 is 0 Å². The van der Waals surface area contributed by atoms with Crippen molar-refractivity contribution in [1.29, 1.82) is 5.41 Å². The molecule has 23 heavy (non-hydrogen) atoms. The quantitative estimate of drug-likeness (QED) is 0.620. The van der Waals surface area contributed by atoms with Crippen LogP contribution in [0.15, 0.2) is 29.5 Å². The first kappa shape index (κ1) is 17.1. The van der Waals surface area contributed by atoms with Gasteiger partial charge in [-0.25, -0.2) is 0 Å². The highest BCUT2D eigenvalue weighted by atomic mass is 16.5. The van der Waals surface area contributed by atoms with E-state index in [4.69, 9.17) is 14.9 Å². The van der Waals surface area contributed by atoms with E-state index in [0.717, 1.165) is 5.56 Å². The molecule has 2 rings (SSSR count). The van der Waals surface area contributed by atoms with Gasteiger partial charge in [0.15, 0.2) is 17.3 Å². The third-order valence-electron chi connectivity index (χ3n) is 3.68. The second-order valence-corrected chi connectivity index (χ2v) is 5.40. The number of rotatable bonds is 6. The van der Waals surface area contributed by atoms with Crippen LogP contribution < -0.4 is 9.47 Å². The number of aliphatic hydroxyl groups excluding tert-OH is 1. The molecule has 1 aromatic carbocycles. The van der Waals surface area contributed by atoms with Crippen LogP contribution in [0.25, 0.3) is 0 Å². The van der Waals surface area contributed by atoms with Gasteiger partial charge in [0.1, 0.15) is 5.76 Å². The van der Waals surface area contributed by atoms with Crippen molar-refractivity contribution in [3.63, 3.8) is 0 Å². The molecule has 0 aliphatic heterocycles. The van der Waals surface area contributed by atoms with Crippen LogP contribution in [0, 0.1) is 5.41 Å². The molecular formula is C18H23NO4. The van der Waals surface area contributed by atoms with Crippen molar-refractivity contribution in [1.82, 2.24) is 0 Å². The maximum Gasteiger partial charge on any atom is 0.168 e. The van der Waals surface area contributed by atoms with Crippen molar-refractivity contribution < 1.29 is 19.4 Å². The first-order valence-corrected chi connectivity index (χ1v) is 7.98. The summed E-state index contributed by atoms with van der Waals surface area (Å²) in [5.74, 6) is 1.10. The molecule has 1 fully saturated rings. The molecule has 0 saturated heterocycles. The second-order valence-electron chi connectivity index (χ2n) is 5.40. The number of ketones is 1. The predicted octanol–water partition coefficient (Wildman–Crippen LogP) is 3.61. The van der Waals surface area contributed by atoms with Crippen molar-refractivity contribution in [2.45, 2.75) is 39.5 Å². The minimum Gasteiger partial charge on any atom is -0.511 e. The number of carbonyl (C=O) groups excluding carboxylic acids is 1. The molecule has 1 aliphatic carbocycles. The molecule has 2 N–H and O–H groups in total. The van der Waals surface area contributed by atoms with Crippen LogP contribution in [-0.2, 0) is 11.2 Å². The monoisotopic (exact) mass is 317 g/mol. The fourth-order valence-corrected chi connectivity index (χ4v) is 2.67. The highest BCUT2D eigenvalue weighted by molar-refractivity contribution is 6.23. The average Bonchev–Trinajstić information content (AvgIpc) is 2.50. The van der Waals surface area contributed by atoms with Crippen molar-refractivity contribution >= 4 is 11.5 Å². The highest BCUT2D eigenvalue weighted by Gasteiger charge is 2.24. The summed E-state index contributed by atoms with van der Waals surface area (Å²) in [7, 11) is 0. The Labute approximate surface area is 136 Å². The third-order valence-corrected chi connectivity index (χ3v) is 3.68. The molecule has 0 atom stereocenters. The van der Waals surface area contributed by atoms with Gasteiger partial charge < -0.3 is 20.0 Å². The molecule has 0 heterocycles. The lowest BCUT2D eigenvalue weighted by Crippen LogP contribution is -2.20. The molecule has 0 spiro atoms. The molecule has 124 valence electrons. The maximum absolute atomic E-state index is 11.9. The Morgan fingerprint density at radius 3 is 2.52 bits per heavy atom. The second kappa shape index (κ2) is 7.81. The zero-order valence-electron chi connectivity index (χ0n) is 13.6. The lowest BCUT2D eigenvalue weighted by Gasteiger charge is -2.17. The lowest BCUT2D eigenvalue weighted by molar-refractivity contribution is -0.115. The van der Waals surface area contributed by atoms with E-state index in [-0.39, 0.29) is 29.2 Å². The fourth-order valence-electron chi connectivity index (χ4n) is 2.67. The van der Waals surface area contributed by atoms with Gasteiger partial charge in [0.2, 0.25) is 0 Å². The molecule has 0 bridgehead atoms. The Morgan fingerprint density at radius 1 is 1.17 bits per heavy atom. The molecule has 5 nitrogen and oxygen atoms in total. The van der Waals surface area contributed by atoms with Gasteiger partial charge in [0.25, 0.3) is 0 Å². The smallest absolute Gasteiger partial charge is 0.168 e. The van der Waals surface area contributed by atoms with E-state index in [1.54, 1.807) is 6.07 Å². The van der Waals surface area contributed by atoms with Gasteiger partial charge in [0, 0.05) is 18.6 Å². The largest absolute Gasteiger partial charge is 0.511 e. The van der Waals surface area contributed by atoms with Gasteiger partial charge in [-0.15, -0.1) is 0 Å². The summed E-state index contributed by atoms with van der Waals surface area (Å²) in [6.45, 7) is 4.85. The zero-order valence-corrected chi connectivity index (χ0v) is 13.6. The topological polar surface area (TPSA) is 79.6 Å². The molecule has 5 heteroatoms. The van der Waals surface area contributed by atoms with Crippen LogP contribution in [0.2, 0.25) is 0 Å². The summed E-state index contributed by atoms with van der Waals surface area (Å²) in [4.78, 5) is 11.9. The number of nitrogens with one attached hydrogen (secondary N) is 1. The summed E-state index contributed by atoms with van der Waals surface area (Å²) in [6, 6.07) is 5.44. The Kier molecular flexibility index (Phi) is 5.79. The first-order valence-electron chi connectivity index (χ1n) is 7.98. The number of aliphatic hydroxyl groups is 1. The summed E-state index contributed by atoms with van der Waals surface area (Å²) >= 11 is 0. The SMILES string of the molecule is CCOc1ccc(C/C(O)=C2/C(=N)CCCC2=O)cc1OCC. The molecular weight excluding hydrogens is 294 g/mol. The number of ether oxygens (including phenoxy) is 2. The standard InChI is InChI=1S/C18H23NO4/c1-3-22-16-9-8-12(11-17(16)23-4-2)10-15(21)18-13(19)6-5-7-14(18)20/h8-9,11,19,21H,3-7,10H2,1-2H3/b18-15+,19-13?. The first-order chi connectivity index (χ1) is 11.1. The Morgan fingerprint density at radius 2 is 1.87 bits per heavy atom. The van der Waals surface area contributed by atoms with Crippen molar-refractivity contribution in [3.05, 3.63) is 35.1 Å². The van der Waals surface area contributed by atoms with E-state index >= 15 is 0 Å². The normalized spacial score (nSPS) is 17.1. The molecule has 0 amide bonds. The van der Waals surface area contributed by atoms with Crippen molar-refractivity contribution in [3.8, 4) is 11.5 Å². The molecule has 1 aromatic rings. The lowest BCUT2D eigenvalue weighted by atomic mass is 9.89. The average molecular weight is 317 g/mol. The number of hydrogen-bond acceptors (Lipinski definition) is 5.